The lowest BCUT2D eigenvalue weighted by Gasteiger charge is -2.58. The molecule has 0 aromatic carbocycles. The van der Waals surface area contributed by atoms with Gasteiger partial charge in [0, 0.05) is 32.6 Å². The van der Waals surface area contributed by atoms with Crippen LogP contribution in [0.15, 0.2) is 11.6 Å². The van der Waals surface area contributed by atoms with Crippen molar-refractivity contribution in [3.63, 3.8) is 0 Å². The molecule has 8 atom stereocenters. The largest absolute Gasteiger partial charge is 0.474 e. The van der Waals surface area contributed by atoms with E-state index in [2.05, 4.69) is 31.7 Å². The minimum atomic E-state index is -0.124. The number of allylic oxidation sites excluding steroid dienone is 1. The van der Waals surface area contributed by atoms with Crippen LogP contribution < -0.4 is 0 Å². The number of fused-ring (bicyclic) bond motifs is 5. The molecule has 1 aliphatic heterocycles. The molecule has 3 saturated carbocycles. The van der Waals surface area contributed by atoms with Crippen molar-refractivity contribution >= 4 is 23.3 Å². The van der Waals surface area contributed by atoms with Gasteiger partial charge in [-0.3, -0.25) is 4.79 Å². The van der Waals surface area contributed by atoms with Gasteiger partial charge < -0.3 is 19.6 Å². The van der Waals surface area contributed by atoms with Gasteiger partial charge in [0.2, 0.25) is 5.91 Å². The summed E-state index contributed by atoms with van der Waals surface area (Å²) >= 11 is 5.24. The van der Waals surface area contributed by atoms with Gasteiger partial charge in [0.1, 0.15) is 0 Å². The maximum atomic E-state index is 13.0. The van der Waals surface area contributed by atoms with Crippen molar-refractivity contribution < 1.29 is 14.6 Å². The van der Waals surface area contributed by atoms with Crippen LogP contribution in [0.1, 0.15) is 85.0 Å². The fraction of sp³-hybridized carbons (Fsp3) is 0.867. The predicted molar refractivity (Wildman–Crippen MR) is 147 cm³/mol. The van der Waals surface area contributed by atoms with Crippen LogP contribution in [0, 0.1) is 40.4 Å². The first-order valence-electron chi connectivity index (χ1n) is 14.7. The molecule has 0 spiro atoms. The number of nitrogens with zero attached hydrogens (tertiary/aromatic N) is 2. The van der Waals surface area contributed by atoms with Crippen molar-refractivity contribution in [2.75, 3.05) is 33.3 Å². The lowest BCUT2D eigenvalue weighted by Crippen LogP contribution is -2.51. The molecule has 0 radical (unpaired) electrons. The third kappa shape index (κ3) is 4.52. The number of ether oxygens (including phenoxy) is 1. The molecule has 0 aromatic heterocycles. The maximum Gasteiger partial charge on any atom is 0.259 e. The zero-order valence-electron chi connectivity index (χ0n) is 23.0. The van der Waals surface area contributed by atoms with Crippen molar-refractivity contribution in [3.8, 4) is 0 Å². The fourth-order valence-corrected chi connectivity index (χ4v) is 9.78. The molecule has 1 N–H and O–H groups in total. The summed E-state index contributed by atoms with van der Waals surface area (Å²) < 4.78 is 5.18. The Kier molecular flexibility index (Phi) is 7.50. The molecule has 4 aliphatic carbocycles. The normalized spacial score (nSPS) is 41.0. The predicted octanol–water partition coefficient (Wildman–Crippen LogP) is 5.42. The molecule has 5 aliphatic rings. The molecule has 5 nitrogen and oxygen atoms in total. The van der Waals surface area contributed by atoms with Crippen LogP contribution in [-0.4, -0.2) is 65.4 Å². The summed E-state index contributed by atoms with van der Waals surface area (Å²) in [6.07, 6.45) is 13.8. The second-order valence-corrected chi connectivity index (χ2v) is 13.6. The van der Waals surface area contributed by atoms with E-state index < -0.39 is 0 Å². The summed E-state index contributed by atoms with van der Waals surface area (Å²) in [5.41, 5.74) is 2.30. The monoisotopic (exact) mass is 516 g/mol. The van der Waals surface area contributed by atoms with E-state index in [0.717, 1.165) is 75.5 Å². The smallest absolute Gasteiger partial charge is 0.259 e. The molecule has 0 bridgehead atoms. The van der Waals surface area contributed by atoms with E-state index >= 15 is 0 Å². The molecule has 0 aromatic rings. The Bertz CT molecular complexity index is 883. The summed E-state index contributed by atoms with van der Waals surface area (Å²) in [5, 5.41) is 10.8. The van der Waals surface area contributed by atoms with E-state index in [4.69, 9.17) is 17.0 Å². The maximum absolute atomic E-state index is 13.0. The van der Waals surface area contributed by atoms with Gasteiger partial charge in [0.05, 0.1) is 13.2 Å². The number of thiocarbonyl (C=S) groups is 1. The molecule has 0 unspecified atom stereocenters. The van der Waals surface area contributed by atoms with Gasteiger partial charge in [0.25, 0.3) is 5.17 Å². The summed E-state index contributed by atoms with van der Waals surface area (Å²) in [4.78, 5) is 17.1. The SMILES string of the molecule is COC(=S)N1CCN(C(=O)CC[C@@H](C)[C@H]2CC[C@H]3[C@@H]4CC=C5C[C@@H](O)CC[C@]5(C)[C@H]4CC[C@]23C)CC1. The number of piperazine rings is 1. The van der Waals surface area contributed by atoms with Crippen LogP contribution in [0.4, 0.5) is 0 Å². The van der Waals surface area contributed by atoms with Crippen LogP contribution >= 0.6 is 12.2 Å². The van der Waals surface area contributed by atoms with E-state index in [9.17, 15) is 9.90 Å². The highest BCUT2D eigenvalue weighted by Gasteiger charge is 2.59. The number of hydrogen-bond donors (Lipinski definition) is 1. The van der Waals surface area contributed by atoms with E-state index in [1.165, 1.54) is 32.1 Å². The summed E-state index contributed by atoms with van der Waals surface area (Å²) in [6.45, 7) is 10.6. The highest BCUT2D eigenvalue weighted by molar-refractivity contribution is 7.80. The van der Waals surface area contributed by atoms with Gasteiger partial charge in [-0.15, -0.1) is 0 Å². The van der Waals surface area contributed by atoms with Crippen LogP contribution in [0.3, 0.4) is 0 Å². The summed E-state index contributed by atoms with van der Waals surface area (Å²) in [6, 6.07) is 0. The number of aliphatic hydroxyl groups is 1. The zero-order chi connectivity index (χ0) is 25.7. The number of rotatable bonds is 4. The Morgan fingerprint density at radius 1 is 1.11 bits per heavy atom. The molecule has 4 fully saturated rings. The molecule has 1 saturated heterocycles. The minimum absolute atomic E-state index is 0.124. The topological polar surface area (TPSA) is 53.0 Å². The first-order valence-corrected chi connectivity index (χ1v) is 15.1. The average molecular weight is 517 g/mol. The zero-order valence-corrected chi connectivity index (χ0v) is 23.8. The number of methoxy groups -OCH3 is 1. The number of hydrogen-bond acceptors (Lipinski definition) is 4. The van der Waals surface area contributed by atoms with E-state index in [0.29, 0.717) is 34.3 Å². The van der Waals surface area contributed by atoms with E-state index in [-0.39, 0.29) is 6.10 Å². The van der Waals surface area contributed by atoms with Gasteiger partial charge >= 0.3 is 0 Å². The van der Waals surface area contributed by atoms with Crippen LogP contribution in [0.2, 0.25) is 0 Å². The lowest BCUT2D eigenvalue weighted by molar-refractivity contribution is -0.133. The molecule has 1 heterocycles. The summed E-state index contributed by atoms with van der Waals surface area (Å²) in [7, 11) is 1.62. The van der Waals surface area contributed by atoms with E-state index in [1.54, 1.807) is 12.7 Å². The second kappa shape index (κ2) is 10.2. The number of carbonyl (C=O) groups is 1. The molecular weight excluding hydrogens is 468 g/mol. The third-order valence-corrected chi connectivity index (χ3v) is 12.1. The Morgan fingerprint density at radius 3 is 2.56 bits per heavy atom. The minimum Gasteiger partial charge on any atom is -0.474 e. The van der Waals surface area contributed by atoms with Crippen LogP contribution in [0.5, 0.6) is 0 Å². The number of carbonyl (C=O) groups excluding carboxylic acids is 1. The Hall–Kier alpha value is -1.14. The highest BCUT2D eigenvalue weighted by atomic mass is 32.1. The van der Waals surface area contributed by atoms with E-state index in [1.807, 2.05) is 4.90 Å². The number of aliphatic hydroxyl groups excluding tert-OH is 1. The summed E-state index contributed by atoms with van der Waals surface area (Å²) in [5.74, 6) is 4.06. The average Bonchev–Trinajstić information content (AvgIpc) is 3.24. The van der Waals surface area contributed by atoms with Crippen molar-refractivity contribution in [3.05, 3.63) is 11.6 Å². The molecule has 36 heavy (non-hydrogen) atoms. The Morgan fingerprint density at radius 2 is 1.83 bits per heavy atom. The van der Waals surface area contributed by atoms with Gasteiger partial charge in [-0.2, -0.15) is 0 Å². The van der Waals surface area contributed by atoms with Gasteiger partial charge in [-0.05, 0) is 110 Å². The second-order valence-electron chi connectivity index (χ2n) is 13.2. The molecule has 5 rings (SSSR count). The first-order chi connectivity index (χ1) is 17.2. The quantitative estimate of drug-likeness (QED) is 0.400. The van der Waals surface area contributed by atoms with Crippen LogP contribution in [-0.2, 0) is 9.53 Å². The third-order valence-electron chi connectivity index (χ3n) is 11.7. The molecule has 202 valence electrons. The van der Waals surface area contributed by atoms with Crippen molar-refractivity contribution in [1.82, 2.24) is 9.80 Å². The van der Waals surface area contributed by atoms with Gasteiger partial charge in [-0.1, -0.05) is 32.4 Å². The molecular formula is C30H48N2O3S. The Labute approximate surface area is 224 Å². The van der Waals surface area contributed by atoms with Crippen molar-refractivity contribution in [2.45, 2.75) is 91.1 Å². The number of amides is 1. The lowest BCUT2D eigenvalue weighted by atomic mass is 9.47. The van der Waals surface area contributed by atoms with Crippen LogP contribution in [0.25, 0.3) is 0 Å². The van der Waals surface area contributed by atoms with Crippen molar-refractivity contribution in [1.29, 1.82) is 0 Å². The van der Waals surface area contributed by atoms with Crippen molar-refractivity contribution in [2.24, 2.45) is 40.4 Å². The molecule has 1 amide bonds. The standard InChI is InChI=1S/C30H48N2O3S/c1-20(5-10-27(34)31-15-17-32(18-16-31)28(36)35-4)24-8-9-25-23-7-6-21-19-22(33)11-13-29(21,2)26(23)12-14-30(24,25)3/h6,20,22-26,33H,5,7-19H2,1-4H3/t20-,22+,23+,24-,25+,26+,29+,30-/m1/s1. The first kappa shape index (κ1) is 26.5. The highest BCUT2D eigenvalue weighted by Crippen LogP contribution is 2.67. The Balaban J connectivity index is 1.18. The van der Waals surface area contributed by atoms with Gasteiger partial charge in [0.15, 0.2) is 0 Å². The molecule has 6 heteroatoms. The fourth-order valence-electron chi connectivity index (χ4n) is 9.59. The van der Waals surface area contributed by atoms with Gasteiger partial charge in [-0.25, -0.2) is 0 Å².